The molecule has 4 nitrogen and oxygen atoms in total. The summed E-state index contributed by atoms with van der Waals surface area (Å²) < 4.78 is 4.75. The maximum absolute atomic E-state index is 11.4. The van der Waals surface area contributed by atoms with E-state index in [4.69, 9.17) is 9.84 Å². The van der Waals surface area contributed by atoms with Gasteiger partial charge in [0.25, 0.3) is 0 Å². The minimum atomic E-state index is -1.08. The first kappa shape index (κ1) is 9.71. The fraction of sp³-hybridized carbons (Fsp3) is 0.273. The topological polar surface area (TPSA) is 63.6 Å². The smallest absolute Gasteiger partial charge is 0.345 e. The highest BCUT2D eigenvalue weighted by molar-refractivity contribution is 5.86. The van der Waals surface area contributed by atoms with Gasteiger partial charge in [0.05, 0.1) is 5.92 Å². The van der Waals surface area contributed by atoms with Gasteiger partial charge < -0.3 is 9.84 Å². The van der Waals surface area contributed by atoms with Crippen LogP contribution in [0.3, 0.4) is 0 Å². The Morgan fingerprint density at radius 2 is 2.00 bits per heavy atom. The molecule has 0 saturated carbocycles. The Labute approximate surface area is 86.5 Å². The van der Waals surface area contributed by atoms with Crippen molar-refractivity contribution in [3.63, 3.8) is 0 Å². The molecule has 4 heteroatoms. The molecule has 1 N–H and O–H groups in total. The molecule has 0 aromatic heterocycles. The average molecular weight is 206 g/mol. The Morgan fingerprint density at radius 3 is 2.53 bits per heavy atom. The molecule has 0 spiro atoms. The van der Waals surface area contributed by atoms with Crippen molar-refractivity contribution >= 4 is 11.9 Å². The van der Waals surface area contributed by atoms with Crippen molar-refractivity contribution in [2.75, 3.05) is 0 Å². The highest BCUT2D eigenvalue weighted by Crippen LogP contribution is 2.30. The van der Waals surface area contributed by atoms with Gasteiger partial charge >= 0.3 is 11.9 Å². The van der Waals surface area contributed by atoms with Crippen LogP contribution >= 0.6 is 0 Å². The zero-order valence-electron chi connectivity index (χ0n) is 7.92. The van der Waals surface area contributed by atoms with Crippen molar-refractivity contribution < 1.29 is 19.4 Å². The van der Waals surface area contributed by atoms with Crippen LogP contribution in [-0.4, -0.2) is 23.1 Å². The van der Waals surface area contributed by atoms with Crippen molar-refractivity contribution in [1.29, 1.82) is 0 Å². The molecule has 1 aromatic carbocycles. The van der Waals surface area contributed by atoms with Crippen LogP contribution in [0.1, 0.15) is 17.9 Å². The molecule has 0 radical (unpaired) electrons. The minimum absolute atomic E-state index is 0.220. The second-order valence-corrected chi connectivity index (χ2v) is 3.46. The van der Waals surface area contributed by atoms with E-state index in [9.17, 15) is 9.59 Å². The fourth-order valence-electron chi connectivity index (χ4n) is 1.69. The molecular formula is C11H10O4. The van der Waals surface area contributed by atoms with E-state index < -0.39 is 24.0 Å². The molecule has 1 fully saturated rings. The summed E-state index contributed by atoms with van der Waals surface area (Å²) in [5.74, 6) is -1.97. The van der Waals surface area contributed by atoms with Crippen LogP contribution in [0.15, 0.2) is 30.3 Å². The molecule has 1 aliphatic heterocycles. The van der Waals surface area contributed by atoms with Crippen LogP contribution in [0.2, 0.25) is 0 Å². The molecule has 1 aromatic rings. The van der Waals surface area contributed by atoms with E-state index in [0.29, 0.717) is 0 Å². The molecule has 0 unspecified atom stereocenters. The van der Waals surface area contributed by atoms with Gasteiger partial charge in [-0.05, 0) is 5.56 Å². The summed E-state index contributed by atoms with van der Waals surface area (Å²) in [6.45, 7) is 0. The molecule has 1 saturated heterocycles. The molecule has 0 bridgehead atoms. The molecular weight excluding hydrogens is 196 g/mol. The van der Waals surface area contributed by atoms with Gasteiger partial charge in [-0.15, -0.1) is 0 Å². The molecule has 0 amide bonds. The number of carbonyl (C=O) groups is 2. The lowest BCUT2D eigenvalue weighted by molar-refractivity contribution is -0.157. The van der Waals surface area contributed by atoms with Gasteiger partial charge in [0, 0.05) is 6.42 Å². The molecule has 1 aliphatic rings. The molecule has 15 heavy (non-hydrogen) atoms. The molecule has 1 heterocycles. The fourth-order valence-corrected chi connectivity index (χ4v) is 1.69. The van der Waals surface area contributed by atoms with Crippen LogP contribution in [0.4, 0.5) is 0 Å². The number of carboxylic acids is 1. The third kappa shape index (κ3) is 1.83. The first-order valence-corrected chi connectivity index (χ1v) is 4.66. The predicted molar refractivity (Wildman–Crippen MR) is 51.3 cm³/mol. The van der Waals surface area contributed by atoms with Gasteiger partial charge in [-0.3, -0.25) is 4.79 Å². The van der Waals surface area contributed by atoms with E-state index in [1.807, 2.05) is 18.2 Å². The summed E-state index contributed by atoms with van der Waals surface area (Å²) in [6, 6.07) is 9.08. The number of cyclic esters (lactones) is 1. The molecule has 0 aliphatic carbocycles. The number of aliphatic carboxylic acids is 1. The summed E-state index contributed by atoms with van der Waals surface area (Å²) in [6.07, 6.45) is -0.777. The number of carbonyl (C=O) groups excluding carboxylic acids is 1. The molecule has 78 valence electrons. The van der Waals surface area contributed by atoms with Crippen molar-refractivity contribution in [1.82, 2.24) is 0 Å². The van der Waals surface area contributed by atoms with Crippen LogP contribution in [-0.2, 0) is 14.3 Å². The average Bonchev–Trinajstić information content (AvgIpc) is 2.62. The van der Waals surface area contributed by atoms with Gasteiger partial charge in [0.15, 0.2) is 6.10 Å². The van der Waals surface area contributed by atoms with Crippen molar-refractivity contribution in [2.24, 2.45) is 0 Å². The summed E-state index contributed by atoms with van der Waals surface area (Å²) in [4.78, 5) is 22.1. The standard InChI is InChI=1S/C11H10O4/c12-10(13)9-6-8(11(14)15-9)7-4-2-1-3-5-7/h1-5,8-9H,6H2,(H,12,13)/t8-,9-/m0/s1. The van der Waals surface area contributed by atoms with Crippen molar-refractivity contribution in [3.8, 4) is 0 Å². The predicted octanol–water partition coefficient (Wildman–Crippen LogP) is 1.17. The number of benzene rings is 1. The normalized spacial score (nSPS) is 24.9. The lowest BCUT2D eigenvalue weighted by Gasteiger charge is -2.03. The van der Waals surface area contributed by atoms with Gasteiger partial charge in [-0.1, -0.05) is 30.3 Å². The van der Waals surface area contributed by atoms with Gasteiger partial charge in [0.1, 0.15) is 0 Å². The molecule has 2 rings (SSSR count). The van der Waals surface area contributed by atoms with Crippen LogP contribution in [0, 0.1) is 0 Å². The van der Waals surface area contributed by atoms with E-state index in [1.165, 1.54) is 0 Å². The van der Waals surface area contributed by atoms with E-state index in [2.05, 4.69) is 0 Å². The van der Waals surface area contributed by atoms with Crippen LogP contribution < -0.4 is 0 Å². The quantitative estimate of drug-likeness (QED) is 0.738. The SMILES string of the molecule is O=C(O)[C@@H]1C[C@@H](c2ccccc2)C(=O)O1. The number of esters is 1. The highest BCUT2D eigenvalue weighted by atomic mass is 16.6. The summed E-state index contributed by atoms with van der Waals surface area (Å²) in [7, 11) is 0. The third-order valence-electron chi connectivity index (χ3n) is 2.47. The Morgan fingerprint density at radius 1 is 1.33 bits per heavy atom. The second-order valence-electron chi connectivity index (χ2n) is 3.46. The summed E-state index contributed by atoms with van der Waals surface area (Å²) >= 11 is 0. The number of rotatable bonds is 2. The van der Waals surface area contributed by atoms with Gasteiger partial charge in [0.2, 0.25) is 0 Å². The number of hydrogen-bond acceptors (Lipinski definition) is 3. The first-order chi connectivity index (χ1) is 7.18. The van der Waals surface area contributed by atoms with Crippen LogP contribution in [0.5, 0.6) is 0 Å². The zero-order chi connectivity index (χ0) is 10.8. The molecule has 2 atom stereocenters. The van der Waals surface area contributed by atoms with Crippen LogP contribution in [0.25, 0.3) is 0 Å². The Kier molecular flexibility index (Phi) is 2.41. The van der Waals surface area contributed by atoms with E-state index in [0.717, 1.165) is 5.56 Å². The largest absolute Gasteiger partial charge is 0.479 e. The number of hydrogen-bond donors (Lipinski definition) is 1. The Balaban J connectivity index is 2.19. The lowest BCUT2D eigenvalue weighted by Crippen LogP contribution is -2.18. The number of ether oxygens (including phenoxy) is 1. The maximum atomic E-state index is 11.4. The van der Waals surface area contributed by atoms with E-state index in [1.54, 1.807) is 12.1 Å². The first-order valence-electron chi connectivity index (χ1n) is 4.66. The minimum Gasteiger partial charge on any atom is -0.479 e. The van der Waals surface area contributed by atoms with Gasteiger partial charge in [-0.25, -0.2) is 4.79 Å². The Bertz CT molecular complexity index is 385. The monoisotopic (exact) mass is 206 g/mol. The lowest BCUT2D eigenvalue weighted by atomic mass is 9.96. The number of carboxylic acid groups (broad SMARTS) is 1. The second kappa shape index (κ2) is 3.73. The highest BCUT2D eigenvalue weighted by Gasteiger charge is 2.39. The van der Waals surface area contributed by atoms with E-state index >= 15 is 0 Å². The maximum Gasteiger partial charge on any atom is 0.345 e. The van der Waals surface area contributed by atoms with Gasteiger partial charge in [-0.2, -0.15) is 0 Å². The van der Waals surface area contributed by atoms with Crippen molar-refractivity contribution in [2.45, 2.75) is 18.4 Å². The zero-order valence-corrected chi connectivity index (χ0v) is 7.92. The third-order valence-corrected chi connectivity index (χ3v) is 2.47. The summed E-state index contributed by atoms with van der Waals surface area (Å²) in [5.41, 5.74) is 0.811. The summed E-state index contributed by atoms with van der Waals surface area (Å²) in [5, 5.41) is 8.72. The van der Waals surface area contributed by atoms with E-state index in [-0.39, 0.29) is 6.42 Å². The Hall–Kier alpha value is -1.84. The van der Waals surface area contributed by atoms with Crippen molar-refractivity contribution in [3.05, 3.63) is 35.9 Å².